The van der Waals surface area contributed by atoms with Gasteiger partial charge in [0.05, 0.1) is 17.5 Å². The highest BCUT2D eigenvalue weighted by molar-refractivity contribution is 9.11. The Bertz CT molecular complexity index is 775. The number of fused-ring (bicyclic) bond motifs is 1. The maximum Gasteiger partial charge on any atom is 0.251 e. The molecule has 1 fully saturated rings. The minimum Gasteiger partial charge on any atom is -0.347 e. The molecule has 1 aliphatic carbocycles. The largest absolute Gasteiger partial charge is 0.347 e. The molecule has 2 unspecified atom stereocenters. The fourth-order valence-electron chi connectivity index (χ4n) is 3.05. The number of carbonyl (C=O) groups excluding carboxylic acids is 3. The van der Waals surface area contributed by atoms with Crippen molar-refractivity contribution in [2.24, 2.45) is 11.8 Å². The second kappa shape index (κ2) is 7.23. The van der Waals surface area contributed by atoms with Crippen LogP contribution in [0.4, 0.5) is 5.69 Å². The highest BCUT2D eigenvalue weighted by atomic mass is 79.9. The van der Waals surface area contributed by atoms with Gasteiger partial charge in [-0.25, -0.2) is 5.01 Å². The number of nitrogens with one attached hydrogen (secondary N) is 2. The van der Waals surface area contributed by atoms with Crippen LogP contribution < -0.4 is 15.8 Å². The van der Waals surface area contributed by atoms with E-state index in [-0.39, 0.29) is 29.6 Å². The Labute approximate surface area is 154 Å². The summed E-state index contributed by atoms with van der Waals surface area (Å²) < 4.78 is 0.659. The van der Waals surface area contributed by atoms with Crippen molar-refractivity contribution in [2.75, 3.05) is 11.6 Å². The van der Waals surface area contributed by atoms with Gasteiger partial charge in [-0.15, -0.1) is 0 Å². The lowest BCUT2D eigenvalue weighted by Gasteiger charge is -2.38. The van der Waals surface area contributed by atoms with E-state index >= 15 is 0 Å². The topological polar surface area (TPSA) is 78.5 Å². The van der Waals surface area contributed by atoms with Gasteiger partial charge >= 0.3 is 0 Å². The molecular formula is C18H18BrN3O3. The normalized spacial score (nSPS) is 22.2. The van der Waals surface area contributed by atoms with Gasteiger partial charge in [-0.1, -0.05) is 40.7 Å². The van der Waals surface area contributed by atoms with Crippen molar-refractivity contribution in [3.8, 4) is 0 Å². The van der Waals surface area contributed by atoms with Crippen molar-refractivity contribution in [3.63, 3.8) is 0 Å². The van der Waals surface area contributed by atoms with Gasteiger partial charge in [0, 0.05) is 16.6 Å². The first kappa shape index (κ1) is 17.4. The van der Waals surface area contributed by atoms with E-state index in [1.165, 1.54) is 5.01 Å². The third-order valence-electron chi connectivity index (χ3n) is 4.34. The molecule has 0 saturated carbocycles. The fourth-order valence-corrected chi connectivity index (χ4v) is 3.19. The molecule has 3 rings (SSSR count). The summed E-state index contributed by atoms with van der Waals surface area (Å²) in [6.07, 6.45) is 5.01. The third kappa shape index (κ3) is 3.66. The zero-order chi connectivity index (χ0) is 18.0. The maximum absolute atomic E-state index is 12.8. The number of nitrogens with zero attached hydrogens (tertiary/aromatic N) is 1. The number of halogens is 1. The van der Waals surface area contributed by atoms with Crippen LogP contribution in [-0.2, 0) is 9.59 Å². The van der Waals surface area contributed by atoms with E-state index in [0.717, 1.165) is 0 Å². The van der Waals surface area contributed by atoms with Crippen LogP contribution in [0, 0.1) is 11.8 Å². The van der Waals surface area contributed by atoms with Gasteiger partial charge in [0.15, 0.2) is 0 Å². The van der Waals surface area contributed by atoms with Gasteiger partial charge in [0.2, 0.25) is 11.8 Å². The molecule has 1 heterocycles. The minimum absolute atomic E-state index is 0.152. The van der Waals surface area contributed by atoms with Crippen molar-refractivity contribution in [2.45, 2.75) is 12.8 Å². The average Bonchev–Trinajstić information content (AvgIpc) is 2.63. The number of hydrogen-bond acceptors (Lipinski definition) is 3. The molecular weight excluding hydrogens is 386 g/mol. The van der Waals surface area contributed by atoms with Gasteiger partial charge in [0.1, 0.15) is 0 Å². The summed E-state index contributed by atoms with van der Waals surface area (Å²) in [5, 5.41) is 3.96. The first-order valence-electron chi connectivity index (χ1n) is 7.98. The Morgan fingerprint density at radius 2 is 2.00 bits per heavy atom. The summed E-state index contributed by atoms with van der Waals surface area (Å²) in [5.41, 5.74) is 3.53. The van der Waals surface area contributed by atoms with Crippen molar-refractivity contribution in [1.82, 2.24) is 10.7 Å². The van der Waals surface area contributed by atoms with Gasteiger partial charge in [0.25, 0.3) is 5.91 Å². The van der Waals surface area contributed by atoms with Gasteiger partial charge in [-0.05, 0) is 31.0 Å². The van der Waals surface area contributed by atoms with Crippen LogP contribution in [0.15, 0.2) is 47.5 Å². The van der Waals surface area contributed by atoms with Gasteiger partial charge in [-0.3, -0.25) is 19.8 Å². The second-order valence-electron chi connectivity index (χ2n) is 6.06. The smallest absolute Gasteiger partial charge is 0.251 e. The van der Waals surface area contributed by atoms with Crippen molar-refractivity contribution < 1.29 is 14.4 Å². The summed E-state index contributed by atoms with van der Waals surface area (Å²) in [7, 11) is 0. The maximum atomic E-state index is 12.8. The standard InChI is InChI=1S/C18H18BrN3O3/c1-11(19)10-20-16(23)12-5-4-6-13(9-12)22-18(25)15-8-3-2-7-14(15)17(24)21-22/h2-6,9,14-15H,1,7-8,10H2,(H,20,23)(H,21,24). The molecule has 2 aliphatic rings. The summed E-state index contributed by atoms with van der Waals surface area (Å²) in [4.78, 5) is 37.3. The lowest BCUT2D eigenvalue weighted by molar-refractivity contribution is -0.139. The monoisotopic (exact) mass is 403 g/mol. The summed E-state index contributed by atoms with van der Waals surface area (Å²) in [5.74, 6) is -1.27. The molecule has 0 aromatic heterocycles. The molecule has 1 aromatic rings. The van der Waals surface area contributed by atoms with E-state index < -0.39 is 0 Å². The number of anilines is 1. The molecule has 0 spiro atoms. The van der Waals surface area contributed by atoms with Crippen LogP contribution in [0.2, 0.25) is 0 Å². The second-order valence-corrected chi connectivity index (χ2v) is 7.18. The lowest BCUT2D eigenvalue weighted by Crippen LogP contribution is -2.59. The molecule has 3 amide bonds. The highest BCUT2D eigenvalue weighted by Gasteiger charge is 2.42. The number of rotatable bonds is 4. The molecule has 130 valence electrons. The Morgan fingerprint density at radius 3 is 2.72 bits per heavy atom. The van der Waals surface area contributed by atoms with E-state index in [4.69, 9.17) is 0 Å². The van der Waals surface area contributed by atoms with E-state index in [9.17, 15) is 14.4 Å². The first-order valence-corrected chi connectivity index (χ1v) is 8.77. The van der Waals surface area contributed by atoms with Crippen LogP contribution in [0.25, 0.3) is 0 Å². The highest BCUT2D eigenvalue weighted by Crippen LogP contribution is 2.32. The van der Waals surface area contributed by atoms with Gasteiger partial charge < -0.3 is 5.32 Å². The Hall–Kier alpha value is -2.41. The summed E-state index contributed by atoms with van der Waals surface area (Å²) in [6.45, 7) is 3.97. The van der Waals surface area contributed by atoms with Crippen molar-refractivity contribution in [3.05, 3.63) is 53.0 Å². The predicted molar refractivity (Wildman–Crippen MR) is 97.8 cm³/mol. The molecule has 2 N–H and O–H groups in total. The Kier molecular flexibility index (Phi) is 5.03. The lowest BCUT2D eigenvalue weighted by atomic mass is 9.80. The predicted octanol–water partition coefficient (Wildman–Crippen LogP) is 2.29. The number of amides is 3. The zero-order valence-electron chi connectivity index (χ0n) is 13.5. The SMILES string of the molecule is C=C(Br)CNC(=O)c1cccc(N2NC(=O)C3CC=CCC3C2=O)c1. The molecule has 6 nitrogen and oxygen atoms in total. The van der Waals surface area contributed by atoms with Gasteiger partial charge in [-0.2, -0.15) is 0 Å². The first-order chi connectivity index (χ1) is 12.0. The van der Waals surface area contributed by atoms with Crippen molar-refractivity contribution >= 4 is 39.3 Å². The van der Waals surface area contributed by atoms with E-state index in [2.05, 4.69) is 33.3 Å². The average molecular weight is 404 g/mol. The summed E-state index contributed by atoms with van der Waals surface area (Å²) in [6, 6.07) is 6.61. The number of hydrazine groups is 1. The number of allylic oxidation sites excluding steroid dienone is 2. The number of carbonyl (C=O) groups is 3. The van der Waals surface area contributed by atoms with Crippen LogP contribution in [0.1, 0.15) is 23.2 Å². The molecule has 25 heavy (non-hydrogen) atoms. The van der Waals surface area contributed by atoms with E-state index in [1.807, 2.05) is 12.2 Å². The molecule has 7 heteroatoms. The zero-order valence-corrected chi connectivity index (χ0v) is 15.1. The number of benzene rings is 1. The van der Waals surface area contributed by atoms with E-state index in [0.29, 0.717) is 35.1 Å². The quantitative estimate of drug-likeness (QED) is 0.756. The number of hydrogen-bond donors (Lipinski definition) is 2. The van der Waals surface area contributed by atoms with Crippen molar-refractivity contribution in [1.29, 1.82) is 0 Å². The van der Waals surface area contributed by atoms with Crippen LogP contribution in [0.5, 0.6) is 0 Å². The molecule has 0 radical (unpaired) electrons. The van der Waals surface area contributed by atoms with Crippen LogP contribution in [0.3, 0.4) is 0 Å². The molecule has 1 aromatic carbocycles. The Balaban J connectivity index is 1.82. The van der Waals surface area contributed by atoms with Crippen LogP contribution >= 0.6 is 15.9 Å². The molecule has 1 saturated heterocycles. The third-order valence-corrected chi connectivity index (χ3v) is 4.62. The fraction of sp³-hybridized carbons (Fsp3) is 0.278. The minimum atomic E-state index is -0.354. The Morgan fingerprint density at radius 1 is 1.28 bits per heavy atom. The van der Waals surface area contributed by atoms with E-state index in [1.54, 1.807) is 24.3 Å². The molecule has 0 bridgehead atoms. The van der Waals surface area contributed by atoms with Crippen LogP contribution in [-0.4, -0.2) is 24.3 Å². The molecule has 1 aliphatic heterocycles. The molecule has 2 atom stereocenters. The summed E-state index contributed by atoms with van der Waals surface area (Å²) >= 11 is 3.18.